The van der Waals surface area contributed by atoms with Crippen LogP contribution in [0.25, 0.3) is 0 Å². The van der Waals surface area contributed by atoms with Gasteiger partial charge in [-0.15, -0.1) is 0 Å². The monoisotopic (exact) mass is 261 g/mol. The average Bonchev–Trinajstić information content (AvgIpc) is 2.84. The lowest BCUT2D eigenvalue weighted by Crippen LogP contribution is -2.12. The Balaban J connectivity index is 1.89. The van der Waals surface area contributed by atoms with Gasteiger partial charge in [-0.05, 0) is 22.6 Å². The van der Waals surface area contributed by atoms with Crippen LogP contribution in [0.15, 0.2) is 24.3 Å². The highest BCUT2D eigenvalue weighted by Gasteiger charge is 2.07. The highest BCUT2D eigenvalue weighted by atomic mass is 16.5. The smallest absolute Gasteiger partial charge is 0.242 e. The van der Waals surface area contributed by atoms with Crippen LogP contribution in [0.2, 0.25) is 0 Å². The molecular weight excluding hydrogens is 246 g/mol. The van der Waals surface area contributed by atoms with E-state index in [9.17, 15) is 4.79 Å². The highest BCUT2D eigenvalue weighted by Crippen LogP contribution is 2.14. The Kier molecular flexibility index (Phi) is 4.07. The SMILES string of the molecule is COc1cccc(C(=O)CCNc2nnnn2C)c1. The summed E-state index contributed by atoms with van der Waals surface area (Å²) in [6.45, 7) is 0.476. The molecule has 0 spiro atoms. The Bertz CT molecular complexity index is 567. The number of hydrogen-bond donors (Lipinski definition) is 1. The summed E-state index contributed by atoms with van der Waals surface area (Å²) in [4.78, 5) is 12.0. The lowest BCUT2D eigenvalue weighted by molar-refractivity contribution is 0.0986. The molecule has 1 aromatic carbocycles. The van der Waals surface area contributed by atoms with E-state index in [2.05, 4.69) is 20.8 Å². The lowest BCUT2D eigenvalue weighted by atomic mass is 10.1. The Morgan fingerprint density at radius 1 is 1.47 bits per heavy atom. The van der Waals surface area contributed by atoms with Gasteiger partial charge in [-0.2, -0.15) is 0 Å². The maximum atomic E-state index is 12.0. The van der Waals surface area contributed by atoms with E-state index in [1.54, 1.807) is 38.4 Å². The fourth-order valence-corrected chi connectivity index (χ4v) is 1.61. The number of ketones is 1. The van der Waals surface area contributed by atoms with Crippen molar-refractivity contribution >= 4 is 11.7 Å². The number of ether oxygens (including phenoxy) is 1. The molecule has 0 saturated heterocycles. The molecule has 1 heterocycles. The molecule has 1 N–H and O–H groups in total. The molecule has 0 fully saturated rings. The number of carbonyl (C=O) groups is 1. The van der Waals surface area contributed by atoms with Crippen molar-refractivity contribution in [3.63, 3.8) is 0 Å². The van der Waals surface area contributed by atoms with Gasteiger partial charge in [0.25, 0.3) is 0 Å². The second-order valence-electron chi connectivity index (χ2n) is 3.96. The van der Waals surface area contributed by atoms with Crippen molar-refractivity contribution < 1.29 is 9.53 Å². The van der Waals surface area contributed by atoms with Crippen molar-refractivity contribution in [2.45, 2.75) is 6.42 Å². The molecule has 100 valence electrons. The first-order chi connectivity index (χ1) is 9.20. The van der Waals surface area contributed by atoms with Gasteiger partial charge in [0, 0.05) is 25.6 Å². The first kappa shape index (κ1) is 13.0. The third kappa shape index (κ3) is 3.27. The van der Waals surface area contributed by atoms with E-state index in [4.69, 9.17) is 4.74 Å². The van der Waals surface area contributed by atoms with E-state index in [1.807, 2.05) is 0 Å². The number of methoxy groups -OCH3 is 1. The van der Waals surface area contributed by atoms with Gasteiger partial charge in [-0.1, -0.05) is 17.2 Å². The summed E-state index contributed by atoms with van der Waals surface area (Å²) in [6, 6.07) is 7.10. The van der Waals surface area contributed by atoms with Crippen molar-refractivity contribution in [1.29, 1.82) is 0 Å². The number of aryl methyl sites for hydroxylation is 1. The second kappa shape index (κ2) is 5.94. The van der Waals surface area contributed by atoms with Gasteiger partial charge < -0.3 is 10.1 Å². The van der Waals surface area contributed by atoms with Crippen LogP contribution in [-0.4, -0.2) is 39.6 Å². The third-order valence-corrected chi connectivity index (χ3v) is 2.65. The normalized spacial score (nSPS) is 10.2. The number of Topliss-reactive ketones (excluding diaryl/α,β-unsaturated/α-hetero) is 1. The number of nitrogens with one attached hydrogen (secondary N) is 1. The summed E-state index contributed by atoms with van der Waals surface area (Å²) < 4.78 is 6.60. The molecule has 0 saturated carbocycles. The summed E-state index contributed by atoms with van der Waals surface area (Å²) >= 11 is 0. The molecule has 0 aliphatic heterocycles. The van der Waals surface area contributed by atoms with E-state index in [-0.39, 0.29) is 5.78 Å². The van der Waals surface area contributed by atoms with E-state index in [1.165, 1.54) is 4.68 Å². The number of rotatable bonds is 6. The summed E-state index contributed by atoms with van der Waals surface area (Å²) in [6.07, 6.45) is 0.361. The Morgan fingerprint density at radius 2 is 2.32 bits per heavy atom. The van der Waals surface area contributed by atoms with Gasteiger partial charge >= 0.3 is 0 Å². The van der Waals surface area contributed by atoms with Crippen LogP contribution in [0.5, 0.6) is 5.75 Å². The van der Waals surface area contributed by atoms with Crippen LogP contribution in [0, 0.1) is 0 Å². The lowest BCUT2D eigenvalue weighted by Gasteiger charge is -2.05. The largest absolute Gasteiger partial charge is 0.497 e. The van der Waals surface area contributed by atoms with Crippen LogP contribution < -0.4 is 10.1 Å². The van der Waals surface area contributed by atoms with E-state index in [0.717, 1.165) is 0 Å². The Labute approximate surface area is 110 Å². The molecule has 1 aromatic heterocycles. The van der Waals surface area contributed by atoms with Gasteiger partial charge in [0.05, 0.1) is 7.11 Å². The number of benzene rings is 1. The van der Waals surface area contributed by atoms with E-state index >= 15 is 0 Å². The quantitative estimate of drug-likeness (QED) is 0.778. The first-order valence-corrected chi connectivity index (χ1v) is 5.84. The maximum absolute atomic E-state index is 12.0. The molecule has 2 aromatic rings. The molecule has 19 heavy (non-hydrogen) atoms. The molecule has 0 aliphatic rings. The van der Waals surface area contributed by atoms with Crippen molar-refractivity contribution in [2.24, 2.45) is 7.05 Å². The maximum Gasteiger partial charge on any atom is 0.242 e. The van der Waals surface area contributed by atoms with Crippen LogP contribution in [0.1, 0.15) is 16.8 Å². The minimum absolute atomic E-state index is 0.0431. The number of anilines is 1. The number of carbonyl (C=O) groups excluding carboxylic acids is 1. The molecule has 0 bridgehead atoms. The minimum Gasteiger partial charge on any atom is -0.497 e. The fraction of sp³-hybridized carbons (Fsp3) is 0.333. The molecule has 0 radical (unpaired) electrons. The van der Waals surface area contributed by atoms with Crippen LogP contribution in [0.3, 0.4) is 0 Å². The topological polar surface area (TPSA) is 81.9 Å². The molecule has 0 amide bonds. The van der Waals surface area contributed by atoms with Crippen molar-refractivity contribution in [1.82, 2.24) is 20.2 Å². The van der Waals surface area contributed by atoms with Gasteiger partial charge in [0.15, 0.2) is 5.78 Å². The number of tetrazole rings is 1. The molecule has 0 atom stereocenters. The molecule has 0 aliphatic carbocycles. The minimum atomic E-state index is 0.0431. The van der Waals surface area contributed by atoms with Crippen LogP contribution in [0.4, 0.5) is 5.95 Å². The molecular formula is C12H15N5O2. The Morgan fingerprint density at radius 3 is 3.00 bits per heavy atom. The standard InChI is InChI=1S/C12H15N5O2/c1-17-12(14-15-16-17)13-7-6-11(18)9-4-3-5-10(8-9)19-2/h3-5,8H,6-7H2,1-2H3,(H,13,14,16). The van der Waals surface area contributed by atoms with Gasteiger partial charge in [0.1, 0.15) is 5.75 Å². The van der Waals surface area contributed by atoms with Crippen molar-refractivity contribution in [3.05, 3.63) is 29.8 Å². The first-order valence-electron chi connectivity index (χ1n) is 5.84. The molecule has 2 rings (SSSR count). The Hall–Kier alpha value is -2.44. The highest BCUT2D eigenvalue weighted by molar-refractivity contribution is 5.96. The number of nitrogens with zero attached hydrogens (tertiary/aromatic N) is 4. The third-order valence-electron chi connectivity index (χ3n) is 2.65. The zero-order valence-corrected chi connectivity index (χ0v) is 10.8. The zero-order chi connectivity index (χ0) is 13.7. The summed E-state index contributed by atoms with van der Waals surface area (Å²) in [5.41, 5.74) is 0.636. The number of hydrogen-bond acceptors (Lipinski definition) is 6. The predicted octanol–water partition coefficient (Wildman–Crippen LogP) is 0.904. The van der Waals surface area contributed by atoms with Crippen LogP contribution >= 0.6 is 0 Å². The summed E-state index contributed by atoms with van der Waals surface area (Å²) in [5.74, 6) is 1.26. The second-order valence-corrected chi connectivity index (χ2v) is 3.96. The average molecular weight is 261 g/mol. The predicted molar refractivity (Wildman–Crippen MR) is 69.2 cm³/mol. The van der Waals surface area contributed by atoms with E-state index < -0.39 is 0 Å². The van der Waals surface area contributed by atoms with Gasteiger partial charge in [-0.25, -0.2) is 4.68 Å². The van der Waals surface area contributed by atoms with E-state index in [0.29, 0.717) is 30.2 Å². The van der Waals surface area contributed by atoms with Gasteiger partial charge in [0.2, 0.25) is 5.95 Å². The molecule has 7 heteroatoms. The zero-order valence-electron chi connectivity index (χ0n) is 10.8. The van der Waals surface area contributed by atoms with Crippen LogP contribution in [-0.2, 0) is 7.05 Å². The molecule has 0 unspecified atom stereocenters. The van der Waals surface area contributed by atoms with Crippen molar-refractivity contribution in [2.75, 3.05) is 19.0 Å². The molecule has 7 nitrogen and oxygen atoms in total. The van der Waals surface area contributed by atoms with Gasteiger partial charge in [-0.3, -0.25) is 4.79 Å². The van der Waals surface area contributed by atoms with Crippen molar-refractivity contribution in [3.8, 4) is 5.75 Å². The number of aromatic nitrogens is 4. The summed E-state index contributed by atoms with van der Waals surface area (Å²) in [5, 5.41) is 14.0. The fourth-order valence-electron chi connectivity index (χ4n) is 1.61. The summed E-state index contributed by atoms with van der Waals surface area (Å²) in [7, 11) is 3.30.